The number of carbonyl (C=O) groups excluding carboxylic acids is 2. The van der Waals surface area contributed by atoms with Gasteiger partial charge in [-0.15, -0.1) is 0 Å². The lowest BCUT2D eigenvalue weighted by Crippen LogP contribution is -2.48. The Balaban J connectivity index is 1.42. The smallest absolute Gasteiger partial charge is 0.255 e. The van der Waals surface area contributed by atoms with Gasteiger partial charge in [0.25, 0.3) is 5.91 Å². The number of nitrogens with zero attached hydrogens (tertiary/aromatic N) is 4. The van der Waals surface area contributed by atoms with Crippen LogP contribution < -0.4 is 20.4 Å². The minimum atomic E-state index is -0.508. The Kier molecular flexibility index (Phi) is 6.77. The van der Waals surface area contributed by atoms with E-state index in [2.05, 4.69) is 27.1 Å². The van der Waals surface area contributed by atoms with Crippen molar-refractivity contribution >= 4 is 34.8 Å². The van der Waals surface area contributed by atoms with Crippen LogP contribution in [0.25, 0.3) is 0 Å². The molecule has 10 heteroatoms. The van der Waals surface area contributed by atoms with Crippen LogP contribution in [0.3, 0.4) is 0 Å². The Hall–Kier alpha value is -3.66. The molecule has 0 spiro atoms. The molecule has 0 bridgehead atoms. The number of morpholine rings is 1. The number of benzene rings is 1. The lowest BCUT2D eigenvalue weighted by molar-refractivity contribution is -0.127. The summed E-state index contributed by atoms with van der Waals surface area (Å²) < 4.78 is 21.0. The molecule has 3 aliphatic rings. The molecule has 1 unspecified atom stereocenters. The zero-order valence-corrected chi connectivity index (χ0v) is 20.4. The van der Waals surface area contributed by atoms with Gasteiger partial charge in [-0.3, -0.25) is 9.59 Å². The van der Waals surface area contributed by atoms with Crippen LogP contribution in [0.15, 0.2) is 36.9 Å². The molecular formula is C26H31FN6O3. The van der Waals surface area contributed by atoms with Crippen LogP contribution in [0.5, 0.6) is 0 Å². The van der Waals surface area contributed by atoms with Gasteiger partial charge in [-0.1, -0.05) is 6.58 Å². The van der Waals surface area contributed by atoms with Gasteiger partial charge in [0.2, 0.25) is 5.91 Å². The van der Waals surface area contributed by atoms with E-state index in [1.54, 1.807) is 16.8 Å². The summed E-state index contributed by atoms with van der Waals surface area (Å²) in [4.78, 5) is 35.1. The molecule has 0 radical (unpaired) electrons. The topological polar surface area (TPSA) is 90.0 Å². The van der Waals surface area contributed by atoms with Gasteiger partial charge in [-0.2, -0.15) is 0 Å². The van der Waals surface area contributed by atoms with Crippen LogP contribution in [-0.4, -0.2) is 74.2 Å². The van der Waals surface area contributed by atoms with Crippen LogP contribution in [-0.2, 0) is 16.1 Å². The summed E-state index contributed by atoms with van der Waals surface area (Å²) in [6.45, 7) is 7.89. The largest absolute Gasteiger partial charge is 0.378 e. The zero-order chi connectivity index (χ0) is 25.2. The molecule has 0 aliphatic carbocycles. The van der Waals surface area contributed by atoms with Crippen LogP contribution in [0.4, 0.5) is 27.4 Å². The standard InChI is InChI=1S/C26H31FN6O3/c1-3-21(34)33-10-4-5-19(16-33)31(2)25-23(27)20-15-28-26(35)22(20)24(30-25)29-17-6-8-18(9-7-17)32-11-13-36-14-12-32/h3,6-9,19H,1,4-5,10-16H2,2H3,(H,28,35)(H,29,30). The molecular weight excluding hydrogens is 463 g/mol. The molecule has 1 aromatic heterocycles. The molecule has 1 aromatic carbocycles. The number of aromatic nitrogens is 1. The van der Waals surface area contributed by atoms with Crippen molar-refractivity contribution in [2.75, 3.05) is 61.6 Å². The van der Waals surface area contributed by atoms with E-state index in [1.807, 2.05) is 24.3 Å². The van der Waals surface area contributed by atoms with Crippen LogP contribution in [0.2, 0.25) is 0 Å². The van der Waals surface area contributed by atoms with Crippen molar-refractivity contribution in [1.29, 1.82) is 0 Å². The maximum atomic E-state index is 15.6. The Morgan fingerprint density at radius 3 is 2.75 bits per heavy atom. The normalized spacial score (nSPS) is 19.5. The van der Waals surface area contributed by atoms with Crippen molar-refractivity contribution < 1.29 is 18.7 Å². The number of piperidine rings is 1. The van der Waals surface area contributed by atoms with E-state index in [9.17, 15) is 9.59 Å². The molecule has 5 rings (SSSR count). The second-order valence-electron chi connectivity index (χ2n) is 9.30. The number of carbonyl (C=O) groups is 2. The summed E-state index contributed by atoms with van der Waals surface area (Å²) in [5.74, 6) is -0.509. The summed E-state index contributed by atoms with van der Waals surface area (Å²) >= 11 is 0. The van der Waals surface area contributed by atoms with Crippen LogP contribution >= 0.6 is 0 Å². The molecule has 3 aliphatic heterocycles. The van der Waals surface area contributed by atoms with Crippen molar-refractivity contribution in [3.63, 3.8) is 0 Å². The summed E-state index contributed by atoms with van der Waals surface area (Å²) in [5.41, 5.74) is 2.38. The molecule has 2 saturated heterocycles. The third-order valence-corrected chi connectivity index (χ3v) is 7.14. The van der Waals surface area contributed by atoms with E-state index >= 15 is 4.39 Å². The quantitative estimate of drug-likeness (QED) is 0.597. The Morgan fingerprint density at radius 1 is 1.28 bits per heavy atom. The number of rotatable bonds is 6. The van der Waals surface area contributed by atoms with E-state index in [-0.39, 0.29) is 35.8 Å². The minimum absolute atomic E-state index is 0.103. The van der Waals surface area contributed by atoms with Gasteiger partial charge in [-0.05, 0) is 43.2 Å². The van der Waals surface area contributed by atoms with E-state index in [1.165, 1.54) is 6.08 Å². The molecule has 1 atom stereocenters. The summed E-state index contributed by atoms with van der Waals surface area (Å²) in [6.07, 6.45) is 2.92. The number of hydrogen-bond donors (Lipinski definition) is 2. The van der Waals surface area contributed by atoms with E-state index in [0.717, 1.165) is 37.3 Å². The first-order valence-corrected chi connectivity index (χ1v) is 12.3. The lowest BCUT2D eigenvalue weighted by Gasteiger charge is -2.38. The van der Waals surface area contributed by atoms with Crippen LogP contribution in [0, 0.1) is 5.82 Å². The van der Waals surface area contributed by atoms with Gasteiger partial charge >= 0.3 is 0 Å². The van der Waals surface area contributed by atoms with Gasteiger partial charge in [0.1, 0.15) is 5.82 Å². The highest BCUT2D eigenvalue weighted by Crippen LogP contribution is 2.34. The number of ether oxygens (including phenoxy) is 1. The molecule has 190 valence electrons. The number of pyridine rings is 1. The fraction of sp³-hybridized carbons (Fsp3) is 0.423. The average molecular weight is 495 g/mol. The van der Waals surface area contributed by atoms with Crippen molar-refractivity contribution in [2.45, 2.75) is 25.4 Å². The Labute approximate surface area is 209 Å². The number of likely N-dealkylation sites (tertiary alicyclic amines) is 1. The highest BCUT2D eigenvalue weighted by atomic mass is 19.1. The number of anilines is 4. The van der Waals surface area contributed by atoms with Gasteiger partial charge in [0.15, 0.2) is 11.6 Å². The number of amides is 2. The van der Waals surface area contributed by atoms with Gasteiger partial charge in [0.05, 0.1) is 18.8 Å². The second kappa shape index (κ2) is 10.1. The first-order chi connectivity index (χ1) is 17.5. The summed E-state index contributed by atoms with van der Waals surface area (Å²) in [6, 6.07) is 7.78. The maximum Gasteiger partial charge on any atom is 0.255 e. The zero-order valence-electron chi connectivity index (χ0n) is 20.4. The first-order valence-electron chi connectivity index (χ1n) is 12.3. The van der Waals surface area contributed by atoms with Crippen LogP contribution in [0.1, 0.15) is 28.8 Å². The molecule has 0 saturated carbocycles. The predicted octanol–water partition coefficient (Wildman–Crippen LogP) is 2.66. The molecule has 36 heavy (non-hydrogen) atoms. The van der Waals surface area contributed by atoms with Crippen molar-refractivity contribution in [2.24, 2.45) is 0 Å². The summed E-state index contributed by atoms with van der Waals surface area (Å²) in [7, 11) is 1.79. The van der Waals surface area contributed by atoms with Gasteiger partial charge < -0.3 is 30.1 Å². The first kappa shape index (κ1) is 24.1. The second-order valence-corrected chi connectivity index (χ2v) is 9.30. The Morgan fingerprint density at radius 2 is 2.03 bits per heavy atom. The highest BCUT2D eigenvalue weighted by Gasteiger charge is 2.33. The molecule has 9 nitrogen and oxygen atoms in total. The monoisotopic (exact) mass is 494 g/mol. The maximum absolute atomic E-state index is 15.6. The number of halogens is 1. The van der Waals surface area contributed by atoms with Crippen molar-refractivity contribution in [3.05, 3.63) is 53.9 Å². The van der Waals surface area contributed by atoms with Crippen molar-refractivity contribution in [3.8, 4) is 0 Å². The van der Waals surface area contributed by atoms with Gasteiger partial charge in [-0.25, -0.2) is 9.37 Å². The fourth-order valence-electron chi connectivity index (χ4n) is 5.08. The molecule has 2 aromatic rings. The minimum Gasteiger partial charge on any atom is -0.378 e. The average Bonchev–Trinajstić information content (AvgIpc) is 3.32. The summed E-state index contributed by atoms with van der Waals surface area (Å²) in [5, 5.41) is 5.96. The van der Waals surface area contributed by atoms with E-state index in [0.29, 0.717) is 37.7 Å². The molecule has 2 N–H and O–H groups in total. The van der Waals surface area contributed by atoms with E-state index < -0.39 is 5.82 Å². The van der Waals surface area contributed by atoms with Gasteiger partial charge in [0, 0.05) is 62.8 Å². The lowest BCUT2D eigenvalue weighted by atomic mass is 10.0. The SMILES string of the molecule is C=CC(=O)N1CCCC(N(C)c2nc(Nc3ccc(N4CCOCC4)cc3)c3c(c2F)CNC3=O)C1. The Bertz CT molecular complexity index is 1170. The number of fused-ring (bicyclic) bond motifs is 1. The molecule has 2 amide bonds. The van der Waals surface area contributed by atoms with E-state index in [4.69, 9.17) is 4.74 Å². The number of hydrogen-bond acceptors (Lipinski definition) is 7. The third-order valence-electron chi connectivity index (χ3n) is 7.14. The molecule has 2 fully saturated rings. The number of nitrogens with one attached hydrogen (secondary N) is 2. The predicted molar refractivity (Wildman–Crippen MR) is 136 cm³/mol. The highest BCUT2D eigenvalue weighted by molar-refractivity contribution is 6.03. The van der Waals surface area contributed by atoms with Crippen molar-refractivity contribution in [1.82, 2.24) is 15.2 Å². The fourth-order valence-corrected chi connectivity index (χ4v) is 5.08. The molecule has 4 heterocycles. The number of likely N-dealkylation sites (N-methyl/N-ethyl adjacent to an activating group) is 1. The third kappa shape index (κ3) is 4.60.